The van der Waals surface area contributed by atoms with E-state index in [2.05, 4.69) is 10.4 Å². The predicted octanol–water partition coefficient (Wildman–Crippen LogP) is 1.75. The first kappa shape index (κ1) is 14.6. The first-order valence-electron chi connectivity index (χ1n) is 6.24. The van der Waals surface area contributed by atoms with Gasteiger partial charge in [0.2, 0.25) is 0 Å². The van der Waals surface area contributed by atoms with E-state index < -0.39 is 5.97 Å². The van der Waals surface area contributed by atoms with Crippen molar-refractivity contribution in [1.29, 1.82) is 0 Å². The Kier molecular flexibility index (Phi) is 4.22. The van der Waals surface area contributed by atoms with Gasteiger partial charge in [-0.05, 0) is 12.1 Å². The lowest BCUT2D eigenvalue weighted by atomic mass is 10.3. The Morgan fingerprint density at radius 1 is 1.24 bits per heavy atom. The van der Waals surface area contributed by atoms with Crippen molar-refractivity contribution in [2.24, 2.45) is 0 Å². The standard InChI is InChI=1S/C14H16N4O3/c1-17(2)14(20)16-12-11(13(19)21-3)9-15-18(12)10-7-5-4-6-8-10/h4-9H,1-3H3,(H,16,20). The summed E-state index contributed by atoms with van der Waals surface area (Å²) in [6, 6.07) is 8.82. The summed E-state index contributed by atoms with van der Waals surface area (Å²) in [6.07, 6.45) is 1.37. The summed E-state index contributed by atoms with van der Waals surface area (Å²) in [7, 11) is 4.49. The van der Waals surface area contributed by atoms with Gasteiger partial charge in [0.15, 0.2) is 5.82 Å². The number of ether oxygens (including phenoxy) is 1. The minimum Gasteiger partial charge on any atom is -0.465 e. The van der Waals surface area contributed by atoms with Crippen LogP contribution in [0.2, 0.25) is 0 Å². The highest BCUT2D eigenvalue weighted by Crippen LogP contribution is 2.21. The molecule has 0 atom stereocenters. The Morgan fingerprint density at radius 3 is 2.48 bits per heavy atom. The molecule has 1 N–H and O–H groups in total. The van der Waals surface area contributed by atoms with E-state index in [4.69, 9.17) is 4.74 Å². The van der Waals surface area contributed by atoms with Gasteiger partial charge in [0.05, 0.1) is 19.0 Å². The third kappa shape index (κ3) is 3.02. The van der Waals surface area contributed by atoms with E-state index in [9.17, 15) is 9.59 Å². The number of carbonyl (C=O) groups excluding carboxylic acids is 2. The van der Waals surface area contributed by atoms with Gasteiger partial charge in [0, 0.05) is 14.1 Å². The molecule has 2 amide bonds. The molecule has 1 aromatic carbocycles. The Balaban J connectivity index is 2.49. The highest BCUT2D eigenvalue weighted by atomic mass is 16.5. The number of benzene rings is 1. The molecule has 0 aliphatic heterocycles. The highest BCUT2D eigenvalue weighted by molar-refractivity contribution is 5.99. The van der Waals surface area contributed by atoms with E-state index in [0.717, 1.165) is 5.69 Å². The van der Waals surface area contributed by atoms with Gasteiger partial charge in [-0.1, -0.05) is 18.2 Å². The van der Waals surface area contributed by atoms with Gasteiger partial charge in [-0.15, -0.1) is 0 Å². The molecule has 21 heavy (non-hydrogen) atoms. The van der Waals surface area contributed by atoms with Crippen molar-refractivity contribution in [2.75, 3.05) is 26.5 Å². The van der Waals surface area contributed by atoms with Crippen LogP contribution >= 0.6 is 0 Å². The maximum absolute atomic E-state index is 11.9. The van der Waals surface area contributed by atoms with Crippen LogP contribution in [0.5, 0.6) is 0 Å². The number of urea groups is 1. The SMILES string of the molecule is COC(=O)c1cnn(-c2ccccc2)c1NC(=O)N(C)C. The van der Waals surface area contributed by atoms with E-state index in [0.29, 0.717) is 0 Å². The summed E-state index contributed by atoms with van der Waals surface area (Å²) in [6.45, 7) is 0. The van der Waals surface area contributed by atoms with Gasteiger partial charge >= 0.3 is 12.0 Å². The molecule has 7 heteroatoms. The average molecular weight is 288 g/mol. The number of nitrogens with zero attached hydrogens (tertiary/aromatic N) is 3. The largest absolute Gasteiger partial charge is 0.465 e. The number of rotatable bonds is 3. The number of carbonyl (C=O) groups is 2. The smallest absolute Gasteiger partial charge is 0.343 e. The molecular weight excluding hydrogens is 272 g/mol. The van der Waals surface area contributed by atoms with Crippen molar-refractivity contribution < 1.29 is 14.3 Å². The minimum atomic E-state index is -0.564. The molecule has 1 heterocycles. The van der Waals surface area contributed by atoms with Crippen molar-refractivity contribution in [3.63, 3.8) is 0 Å². The van der Waals surface area contributed by atoms with Gasteiger partial charge in [0.25, 0.3) is 0 Å². The second kappa shape index (κ2) is 6.08. The third-order valence-electron chi connectivity index (χ3n) is 2.81. The van der Waals surface area contributed by atoms with Crippen molar-refractivity contribution in [2.45, 2.75) is 0 Å². The molecule has 0 saturated heterocycles. The topological polar surface area (TPSA) is 76.5 Å². The fraction of sp³-hybridized carbons (Fsp3) is 0.214. The van der Waals surface area contributed by atoms with Crippen LogP contribution in [0.4, 0.5) is 10.6 Å². The molecular formula is C14H16N4O3. The van der Waals surface area contributed by atoms with Gasteiger partial charge < -0.3 is 9.64 Å². The van der Waals surface area contributed by atoms with E-state index in [-0.39, 0.29) is 17.4 Å². The zero-order valence-corrected chi connectivity index (χ0v) is 12.0. The number of methoxy groups -OCH3 is 1. The number of anilines is 1. The third-order valence-corrected chi connectivity index (χ3v) is 2.81. The van der Waals surface area contributed by atoms with E-state index in [1.807, 2.05) is 30.3 Å². The zero-order chi connectivity index (χ0) is 15.4. The Hall–Kier alpha value is -2.83. The summed E-state index contributed by atoms with van der Waals surface area (Å²) < 4.78 is 6.19. The lowest BCUT2D eigenvalue weighted by molar-refractivity contribution is 0.0602. The Bertz CT molecular complexity index is 649. The molecule has 7 nitrogen and oxygen atoms in total. The van der Waals surface area contributed by atoms with Crippen LogP contribution in [0.1, 0.15) is 10.4 Å². The van der Waals surface area contributed by atoms with Crippen molar-refractivity contribution in [3.05, 3.63) is 42.1 Å². The molecule has 0 aliphatic rings. The molecule has 0 unspecified atom stereocenters. The average Bonchev–Trinajstić information content (AvgIpc) is 2.90. The number of amides is 2. The fourth-order valence-electron chi connectivity index (χ4n) is 1.71. The molecule has 0 spiro atoms. The van der Waals surface area contributed by atoms with Crippen LogP contribution in [0.3, 0.4) is 0 Å². The second-order valence-corrected chi connectivity index (χ2v) is 4.47. The van der Waals surface area contributed by atoms with Gasteiger partial charge in [0.1, 0.15) is 5.56 Å². The van der Waals surface area contributed by atoms with Crippen molar-refractivity contribution in [1.82, 2.24) is 14.7 Å². The van der Waals surface area contributed by atoms with Gasteiger partial charge in [-0.25, -0.2) is 14.3 Å². The van der Waals surface area contributed by atoms with Crippen LogP contribution in [-0.4, -0.2) is 47.9 Å². The highest BCUT2D eigenvalue weighted by Gasteiger charge is 2.21. The molecule has 0 aliphatic carbocycles. The quantitative estimate of drug-likeness (QED) is 0.873. The lowest BCUT2D eigenvalue weighted by Crippen LogP contribution is -2.29. The van der Waals surface area contributed by atoms with Crippen LogP contribution in [0.25, 0.3) is 5.69 Å². The molecule has 2 rings (SSSR count). The number of aromatic nitrogens is 2. The first-order valence-corrected chi connectivity index (χ1v) is 6.24. The lowest BCUT2D eigenvalue weighted by Gasteiger charge is -2.14. The maximum atomic E-state index is 11.9. The summed E-state index contributed by atoms with van der Waals surface area (Å²) in [5, 5.41) is 6.81. The summed E-state index contributed by atoms with van der Waals surface area (Å²) in [5.41, 5.74) is 0.915. The number of hydrogen-bond acceptors (Lipinski definition) is 4. The summed E-state index contributed by atoms with van der Waals surface area (Å²) in [4.78, 5) is 25.0. The molecule has 110 valence electrons. The molecule has 0 bridgehead atoms. The molecule has 0 saturated carbocycles. The monoisotopic (exact) mass is 288 g/mol. The number of para-hydroxylation sites is 1. The molecule has 2 aromatic rings. The first-order chi connectivity index (χ1) is 10.0. The van der Waals surface area contributed by atoms with Crippen molar-refractivity contribution >= 4 is 17.8 Å². The Morgan fingerprint density at radius 2 is 1.90 bits per heavy atom. The molecule has 1 aromatic heterocycles. The summed E-state index contributed by atoms with van der Waals surface area (Å²) in [5.74, 6) is -0.294. The van der Waals surface area contributed by atoms with E-state index in [1.165, 1.54) is 22.9 Å². The number of nitrogens with one attached hydrogen (secondary N) is 1. The second-order valence-electron chi connectivity index (χ2n) is 4.47. The van der Waals surface area contributed by atoms with Crippen LogP contribution < -0.4 is 5.32 Å². The minimum absolute atomic E-state index is 0.191. The van der Waals surface area contributed by atoms with Crippen LogP contribution in [-0.2, 0) is 4.74 Å². The van der Waals surface area contributed by atoms with Crippen LogP contribution in [0, 0.1) is 0 Å². The predicted molar refractivity (Wildman–Crippen MR) is 77.6 cm³/mol. The van der Waals surface area contributed by atoms with Gasteiger partial charge in [-0.3, -0.25) is 5.32 Å². The maximum Gasteiger partial charge on any atom is 0.343 e. The van der Waals surface area contributed by atoms with E-state index in [1.54, 1.807) is 14.1 Å². The number of hydrogen-bond donors (Lipinski definition) is 1. The summed E-state index contributed by atoms with van der Waals surface area (Å²) >= 11 is 0. The zero-order valence-electron chi connectivity index (χ0n) is 12.0. The number of esters is 1. The molecule has 0 radical (unpaired) electrons. The van der Waals surface area contributed by atoms with Gasteiger partial charge in [-0.2, -0.15) is 5.10 Å². The van der Waals surface area contributed by atoms with E-state index >= 15 is 0 Å². The van der Waals surface area contributed by atoms with Crippen LogP contribution in [0.15, 0.2) is 36.5 Å². The molecule has 0 fully saturated rings. The normalized spacial score (nSPS) is 10.0. The van der Waals surface area contributed by atoms with Crippen molar-refractivity contribution in [3.8, 4) is 5.69 Å². The fourth-order valence-corrected chi connectivity index (χ4v) is 1.71. The Labute approximate surface area is 122 Å².